The van der Waals surface area contributed by atoms with Crippen LogP contribution in [0.4, 0.5) is 5.69 Å². The lowest BCUT2D eigenvalue weighted by Gasteiger charge is -2.34. The molecule has 1 atom stereocenters. The molecule has 7 nitrogen and oxygen atoms in total. The number of anilines is 1. The molecule has 0 aromatic heterocycles. The van der Waals surface area contributed by atoms with Crippen molar-refractivity contribution in [3.63, 3.8) is 0 Å². The minimum absolute atomic E-state index is 0.00737. The summed E-state index contributed by atoms with van der Waals surface area (Å²) in [6, 6.07) is 18.8. The van der Waals surface area contributed by atoms with Gasteiger partial charge in [0.15, 0.2) is 0 Å². The fourth-order valence-corrected chi connectivity index (χ4v) is 5.80. The Bertz CT molecular complexity index is 1420. The molecule has 0 fully saturated rings. The van der Waals surface area contributed by atoms with Gasteiger partial charge < -0.3 is 10.2 Å². The van der Waals surface area contributed by atoms with Crippen molar-refractivity contribution < 1.29 is 18.0 Å². The number of nitrogens with one attached hydrogen (secondary N) is 1. The molecule has 0 radical (unpaired) electrons. The number of hydrogen-bond donors (Lipinski definition) is 1. The minimum atomic E-state index is -4.16. The molecule has 2 amide bonds. The molecule has 0 unspecified atom stereocenters. The second-order valence-electron chi connectivity index (χ2n) is 10.6. The molecule has 0 aliphatic heterocycles. The maximum Gasteiger partial charge on any atom is 0.264 e. The van der Waals surface area contributed by atoms with E-state index < -0.39 is 34.1 Å². The van der Waals surface area contributed by atoms with Gasteiger partial charge in [0.25, 0.3) is 10.0 Å². The average molecular weight is 605 g/mol. The number of halogens is 2. The maximum absolute atomic E-state index is 14.1. The van der Waals surface area contributed by atoms with Crippen LogP contribution in [0.5, 0.6) is 0 Å². The first-order chi connectivity index (χ1) is 18.7. The third kappa shape index (κ3) is 8.22. The zero-order valence-electron chi connectivity index (χ0n) is 23.3. The SMILES string of the molecule is CC[C@H](C(=O)NC(C)(C)C)N(Cc1ccc(Cl)cc1)C(=O)CN(c1ccc(C)cc1)S(=O)(=O)c1ccc(Cl)cc1. The van der Waals surface area contributed by atoms with Crippen LogP contribution in [-0.2, 0) is 26.2 Å². The largest absolute Gasteiger partial charge is 0.350 e. The van der Waals surface area contributed by atoms with Gasteiger partial charge in [-0.25, -0.2) is 8.42 Å². The van der Waals surface area contributed by atoms with Crippen molar-refractivity contribution in [2.45, 2.75) is 64.1 Å². The lowest BCUT2D eigenvalue weighted by atomic mass is 10.1. The van der Waals surface area contributed by atoms with Gasteiger partial charge in [-0.05, 0) is 88.2 Å². The van der Waals surface area contributed by atoms with Crippen LogP contribution < -0.4 is 9.62 Å². The number of nitrogens with zero attached hydrogens (tertiary/aromatic N) is 2. The molecule has 3 aromatic rings. The van der Waals surface area contributed by atoms with E-state index in [0.717, 1.165) is 15.4 Å². The fraction of sp³-hybridized carbons (Fsp3) is 0.333. The zero-order chi connectivity index (χ0) is 29.7. The van der Waals surface area contributed by atoms with Crippen molar-refractivity contribution in [1.82, 2.24) is 10.2 Å². The number of amides is 2. The molecule has 3 aromatic carbocycles. The number of carbonyl (C=O) groups excluding carboxylic acids is 2. The van der Waals surface area contributed by atoms with Crippen molar-refractivity contribution in [3.8, 4) is 0 Å². The van der Waals surface area contributed by atoms with Crippen molar-refractivity contribution in [2.75, 3.05) is 10.8 Å². The van der Waals surface area contributed by atoms with E-state index in [1.54, 1.807) is 48.5 Å². The van der Waals surface area contributed by atoms with Crippen LogP contribution in [0.1, 0.15) is 45.2 Å². The average Bonchev–Trinajstić information content (AvgIpc) is 2.88. The predicted molar refractivity (Wildman–Crippen MR) is 161 cm³/mol. The number of benzene rings is 3. The maximum atomic E-state index is 14.1. The molecule has 0 saturated heterocycles. The number of aryl methyl sites for hydroxylation is 1. The third-order valence-corrected chi connectivity index (χ3v) is 8.44. The third-order valence-electron chi connectivity index (χ3n) is 6.15. The van der Waals surface area contributed by atoms with Crippen LogP contribution in [0.3, 0.4) is 0 Å². The van der Waals surface area contributed by atoms with Crippen LogP contribution in [0.15, 0.2) is 77.7 Å². The van der Waals surface area contributed by atoms with E-state index in [1.165, 1.54) is 29.2 Å². The van der Waals surface area contributed by atoms with Crippen molar-refractivity contribution in [3.05, 3.63) is 94.0 Å². The van der Waals surface area contributed by atoms with Gasteiger partial charge in [-0.3, -0.25) is 13.9 Å². The Kier molecular flexibility index (Phi) is 10.3. The zero-order valence-corrected chi connectivity index (χ0v) is 25.6. The molecule has 3 rings (SSSR count). The molecular weight excluding hydrogens is 569 g/mol. The van der Waals surface area contributed by atoms with Gasteiger partial charge in [-0.2, -0.15) is 0 Å². The quantitative estimate of drug-likeness (QED) is 0.298. The standard InChI is InChI=1S/C30H35Cl2N3O4S/c1-6-27(29(37)33-30(3,4)5)34(19-22-9-11-23(31)12-10-22)28(36)20-35(25-15-7-21(2)8-16-25)40(38,39)26-17-13-24(32)14-18-26/h7-18,27H,6,19-20H2,1-5H3,(H,33,37)/t27-/m1/s1. The lowest BCUT2D eigenvalue weighted by Crippen LogP contribution is -2.55. The van der Waals surface area contributed by atoms with Gasteiger partial charge in [0.1, 0.15) is 12.6 Å². The Morgan fingerprint density at radius 2 is 1.40 bits per heavy atom. The molecule has 1 N–H and O–H groups in total. The number of hydrogen-bond acceptors (Lipinski definition) is 4. The summed E-state index contributed by atoms with van der Waals surface area (Å²) < 4.78 is 28.8. The predicted octanol–water partition coefficient (Wildman–Crippen LogP) is 6.22. The highest BCUT2D eigenvalue weighted by Crippen LogP contribution is 2.26. The van der Waals surface area contributed by atoms with Gasteiger partial charge in [0.05, 0.1) is 10.6 Å². The molecular formula is C30H35Cl2N3O4S. The van der Waals surface area contributed by atoms with Gasteiger partial charge in [0.2, 0.25) is 11.8 Å². The summed E-state index contributed by atoms with van der Waals surface area (Å²) in [6.45, 7) is 8.87. The number of rotatable bonds is 10. The highest BCUT2D eigenvalue weighted by Gasteiger charge is 2.34. The molecule has 0 spiro atoms. The van der Waals surface area contributed by atoms with E-state index in [4.69, 9.17) is 23.2 Å². The van der Waals surface area contributed by atoms with Crippen LogP contribution in [-0.4, -0.2) is 43.3 Å². The summed E-state index contributed by atoms with van der Waals surface area (Å²) in [5, 5.41) is 3.89. The molecule has 0 heterocycles. The van der Waals surface area contributed by atoms with E-state index in [9.17, 15) is 18.0 Å². The van der Waals surface area contributed by atoms with E-state index in [2.05, 4.69) is 5.32 Å². The van der Waals surface area contributed by atoms with E-state index >= 15 is 0 Å². The first-order valence-electron chi connectivity index (χ1n) is 12.9. The minimum Gasteiger partial charge on any atom is -0.350 e. The summed E-state index contributed by atoms with van der Waals surface area (Å²) in [7, 11) is -4.16. The smallest absolute Gasteiger partial charge is 0.264 e. The van der Waals surface area contributed by atoms with E-state index in [0.29, 0.717) is 22.2 Å². The molecule has 0 aliphatic rings. The second kappa shape index (κ2) is 13.1. The summed E-state index contributed by atoms with van der Waals surface area (Å²) in [5.41, 5.74) is 1.49. The molecule has 0 aliphatic carbocycles. The van der Waals surface area contributed by atoms with Crippen LogP contribution >= 0.6 is 23.2 Å². The van der Waals surface area contributed by atoms with Crippen LogP contribution in [0.25, 0.3) is 0 Å². The lowest BCUT2D eigenvalue weighted by molar-refractivity contribution is -0.141. The van der Waals surface area contributed by atoms with E-state index in [1.807, 2.05) is 34.6 Å². The monoisotopic (exact) mass is 603 g/mol. The highest BCUT2D eigenvalue weighted by atomic mass is 35.5. The number of sulfonamides is 1. The normalized spacial score (nSPS) is 12.5. The highest BCUT2D eigenvalue weighted by molar-refractivity contribution is 7.92. The first kappa shape index (κ1) is 31.5. The first-order valence-corrected chi connectivity index (χ1v) is 15.1. The Hall–Kier alpha value is -3.07. The second-order valence-corrected chi connectivity index (χ2v) is 13.3. The van der Waals surface area contributed by atoms with Gasteiger partial charge in [-0.1, -0.05) is 60.0 Å². The Labute approximate surface area is 247 Å². The van der Waals surface area contributed by atoms with Crippen molar-refractivity contribution in [2.24, 2.45) is 0 Å². The summed E-state index contributed by atoms with van der Waals surface area (Å²) in [6.07, 6.45) is 0.329. The topological polar surface area (TPSA) is 86.8 Å². The fourth-order valence-electron chi connectivity index (χ4n) is 4.13. The van der Waals surface area contributed by atoms with Crippen LogP contribution in [0.2, 0.25) is 10.0 Å². The van der Waals surface area contributed by atoms with Crippen molar-refractivity contribution in [1.29, 1.82) is 0 Å². The molecule has 0 bridgehead atoms. The van der Waals surface area contributed by atoms with Crippen molar-refractivity contribution >= 4 is 50.7 Å². The Morgan fingerprint density at radius 3 is 1.90 bits per heavy atom. The van der Waals surface area contributed by atoms with Gasteiger partial charge in [0, 0.05) is 22.1 Å². The van der Waals surface area contributed by atoms with Crippen LogP contribution in [0, 0.1) is 6.92 Å². The Balaban J connectivity index is 2.06. The molecule has 10 heteroatoms. The molecule has 40 heavy (non-hydrogen) atoms. The van der Waals surface area contributed by atoms with E-state index in [-0.39, 0.29) is 17.3 Å². The van der Waals surface area contributed by atoms with Gasteiger partial charge >= 0.3 is 0 Å². The molecule has 0 saturated carbocycles. The summed E-state index contributed by atoms with van der Waals surface area (Å²) in [5.74, 6) is -0.844. The summed E-state index contributed by atoms with van der Waals surface area (Å²) >= 11 is 12.1. The molecule has 214 valence electrons. The Morgan fingerprint density at radius 1 is 0.875 bits per heavy atom. The van der Waals surface area contributed by atoms with Gasteiger partial charge in [-0.15, -0.1) is 0 Å². The summed E-state index contributed by atoms with van der Waals surface area (Å²) in [4.78, 5) is 28.8. The number of carbonyl (C=O) groups is 2.